The molecule has 0 bridgehead atoms. The van der Waals surface area contributed by atoms with Gasteiger partial charge in [0.1, 0.15) is 11.0 Å². The van der Waals surface area contributed by atoms with Gasteiger partial charge >= 0.3 is 5.97 Å². The zero-order valence-electron chi connectivity index (χ0n) is 11.0. The van der Waals surface area contributed by atoms with E-state index < -0.39 is 11.2 Å². The second-order valence-electron chi connectivity index (χ2n) is 4.55. The number of nitrogens with one attached hydrogen (secondary N) is 1. The fourth-order valence-corrected chi connectivity index (χ4v) is 2.67. The van der Waals surface area contributed by atoms with E-state index in [1.54, 1.807) is 7.11 Å². The van der Waals surface area contributed by atoms with Crippen LogP contribution in [0.2, 0.25) is 0 Å². The van der Waals surface area contributed by atoms with Crippen LogP contribution in [0.25, 0.3) is 11.0 Å². The largest absolute Gasteiger partial charge is 0.497 e. The van der Waals surface area contributed by atoms with Gasteiger partial charge in [0.15, 0.2) is 5.16 Å². The normalized spacial score (nSPS) is 12.8. The molecule has 6 heteroatoms. The van der Waals surface area contributed by atoms with Gasteiger partial charge in [-0.05, 0) is 18.1 Å². The van der Waals surface area contributed by atoms with E-state index in [1.807, 2.05) is 32.0 Å². The molecule has 2 rings (SSSR count). The fraction of sp³-hybridized carbons (Fsp3) is 0.385. The molecule has 0 amide bonds. The Bertz CT molecular complexity index is 595. The van der Waals surface area contributed by atoms with Crippen molar-refractivity contribution in [1.82, 2.24) is 9.97 Å². The number of hydrogen-bond acceptors (Lipinski definition) is 4. The second-order valence-corrected chi connectivity index (χ2v) is 5.68. The molecule has 2 aromatic rings. The molecule has 0 radical (unpaired) electrons. The Kier molecular flexibility index (Phi) is 3.99. The second kappa shape index (κ2) is 5.52. The third-order valence-electron chi connectivity index (χ3n) is 2.75. The number of aromatic nitrogens is 2. The highest BCUT2D eigenvalue weighted by Gasteiger charge is 2.24. The topological polar surface area (TPSA) is 75.2 Å². The molecule has 102 valence electrons. The zero-order valence-corrected chi connectivity index (χ0v) is 11.8. The fourth-order valence-electron chi connectivity index (χ4n) is 1.74. The first-order chi connectivity index (χ1) is 9.01. The Balaban J connectivity index is 2.28. The van der Waals surface area contributed by atoms with Crippen LogP contribution in [0.4, 0.5) is 0 Å². The molecule has 0 aliphatic rings. The summed E-state index contributed by atoms with van der Waals surface area (Å²) in [5, 5.41) is 9.28. The number of aliphatic carboxylic acids is 1. The number of benzene rings is 1. The van der Waals surface area contributed by atoms with Gasteiger partial charge in [-0.15, -0.1) is 0 Å². The molecule has 0 saturated heterocycles. The van der Waals surface area contributed by atoms with Crippen LogP contribution in [0.5, 0.6) is 5.75 Å². The van der Waals surface area contributed by atoms with Crippen molar-refractivity contribution in [2.75, 3.05) is 7.11 Å². The molecular weight excluding hydrogens is 264 g/mol. The summed E-state index contributed by atoms with van der Waals surface area (Å²) in [5.41, 5.74) is 1.64. The third-order valence-corrected chi connectivity index (χ3v) is 4.17. The number of fused-ring (bicyclic) bond motifs is 1. The van der Waals surface area contributed by atoms with Crippen LogP contribution in [-0.2, 0) is 4.79 Å². The maximum absolute atomic E-state index is 11.2. The first-order valence-electron chi connectivity index (χ1n) is 5.94. The number of rotatable bonds is 5. The number of hydrogen-bond donors (Lipinski definition) is 2. The van der Waals surface area contributed by atoms with Gasteiger partial charge in [-0.25, -0.2) is 4.98 Å². The SMILES string of the molecule is COc1ccc2nc(SC(C(=O)O)C(C)C)[nH]c2c1. The molecule has 1 atom stereocenters. The predicted octanol–water partition coefficient (Wildman–Crippen LogP) is 2.77. The number of carboxylic acid groups (broad SMARTS) is 1. The maximum atomic E-state index is 11.2. The number of aromatic amines is 1. The maximum Gasteiger partial charge on any atom is 0.317 e. The Morgan fingerprint density at radius 3 is 2.79 bits per heavy atom. The van der Waals surface area contributed by atoms with Crippen LogP contribution < -0.4 is 4.74 Å². The number of H-pyrrole nitrogens is 1. The van der Waals surface area contributed by atoms with Gasteiger partial charge in [0.05, 0.1) is 18.1 Å². The van der Waals surface area contributed by atoms with Gasteiger partial charge in [-0.1, -0.05) is 25.6 Å². The molecule has 0 aliphatic carbocycles. The van der Waals surface area contributed by atoms with Crippen LogP contribution in [0.1, 0.15) is 13.8 Å². The molecule has 1 aromatic heterocycles. The summed E-state index contributed by atoms with van der Waals surface area (Å²) in [4.78, 5) is 18.7. The van der Waals surface area contributed by atoms with E-state index in [-0.39, 0.29) is 5.92 Å². The van der Waals surface area contributed by atoms with E-state index >= 15 is 0 Å². The molecule has 5 nitrogen and oxygen atoms in total. The highest BCUT2D eigenvalue weighted by molar-refractivity contribution is 8.00. The summed E-state index contributed by atoms with van der Waals surface area (Å²) in [5.74, 6) is -0.0466. The number of thioether (sulfide) groups is 1. The van der Waals surface area contributed by atoms with Crippen LogP contribution >= 0.6 is 11.8 Å². The van der Waals surface area contributed by atoms with Gasteiger partial charge in [0, 0.05) is 6.07 Å². The lowest BCUT2D eigenvalue weighted by molar-refractivity contribution is -0.137. The lowest BCUT2D eigenvalue weighted by atomic mass is 10.1. The lowest BCUT2D eigenvalue weighted by Crippen LogP contribution is -2.22. The van der Waals surface area contributed by atoms with Gasteiger partial charge in [-0.3, -0.25) is 4.79 Å². The molecule has 1 heterocycles. The number of nitrogens with zero attached hydrogens (tertiary/aromatic N) is 1. The van der Waals surface area contributed by atoms with E-state index in [1.165, 1.54) is 11.8 Å². The minimum atomic E-state index is -0.821. The highest BCUT2D eigenvalue weighted by Crippen LogP contribution is 2.29. The van der Waals surface area contributed by atoms with Crippen molar-refractivity contribution in [2.24, 2.45) is 5.92 Å². The third kappa shape index (κ3) is 3.01. The van der Waals surface area contributed by atoms with Crippen molar-refractivity contribution in [2.45, 2.75) is 24.3 Å². The first-order valence-corrected chi connectivity index (χ1v) is 6.82. The molecule has 0 fully saturated rings. The van der Waals surface area contributed by atoms with E-state index in [4.69, 9.17) is 4.74 Å². The van der Waals surface area contributed by atoms with Crippen molar-refractivity contribution >= 4 is 28.8 Å². The van der Waals surface area contributed by atoms with E-state index in [2.05, 4.69) is 9.97 Å². The summed E-state index contributed by atoms with van der Waals surface area (Å²) in [6.45, 7) is 3.77. The monoisotopic (exact) mass is 280 g/mol. The minimum Gasteiger partial charge on any atom is -0.497 e. The summed E-state index contributed by atoms with van der Waals surface area (Å²) in [6.07, 6.45) is 0. The van der Waals surface area contributed by atoms with Gasteiger partial charge in [0.25, 0.3) is 0 Å². The quantitative estimate of drug-likeness (QED) is 0.824. The van der Waals surface area contributed by atoms with E-state index in [0.717, 1.165) is 16.8 Å². The zero-order chi connectivity index (χ0) is 14.0. The number of carboxylic acids is 1. The average molecular weight is 280 g/mol. The van der Waals surface area contributed by atoms with Gasteiger partial charge in [-0.2, -0.15) is 0 Å². The number of methoxy groups -OCH3 is 1. The van der Waals surface area contributed by atoms with Gasteiger partial charge < -0.3 is 14.8 Å². The van der Waals surface area contributed by atoms with Crippen molar-refractivity contribution in [3.8, 4) is 5.75 Å². The average Bonchev–Trinajstić information content (AvgIpc) is 2.76. The molecule has 0 spiro atoms. The molecule has 1 unspecified atom stereocenters. The van der Waals surface area contributed by atoms with E-state index in [9.17, 15) is 9.90 Å². The Hall–Kier alpha value is -1.69. The summed E-state index contributed by atoms with van der Waals surface area (Å²) < 4.78 is 5.14. The summed E-state index contributed by atoms with van der Waals surface area (Å²) in [6, 6.07) is 5.52. The number of imidazole rings is 1. The van der Waals surface area contributed by atoms with Crippen LogP contribution in [-0.4, -0.2) is 33.4 Å². The van der Waals surface area contributed by atoms with Crippen LogP contribution in [0.15, 0.2) is 23.4 Å². The van der Waals surface area contributed by atoms with Crippen molar-refractivity contribution in [1.29, 1.82) is 0 Å². The predicted molar refractivity (Wildman–Crippen MR) is 74.8 cm³/mol. The molecule has 19 heavy (non-hydrogen) atoms. The van der Waals surface area contributed by atoms with Gasteiger partial charge in [0.2, 0.25) is 0 Å². The minimum absolute atomic E-state index is 0.0326. The molecule has 1 aromatic carbocycles. The van der Waals surface area contributed by atoms with Crippen LogP contribution in [0, 0.1) is 5.92 Å². The molecule has 0 aliphatic heterocycles. The smallest absolute Gasteiger partial charge is 0.317 e. The van der Waals surface area contributed by atoms with Crippen LogP contribution in [0.3, 0.4) is 0 Å². The number of carbonyl (C=O) groups is 1. The van der Waals surface area contributed by atoms with E-state index in [0.29, 0.717) is 5.16 Å². The van der Waals surface area contributed by atoms with Crippen molar-refractivity contribution in [3.63, 3.8) is 0 Å². The summed E-state index contributed by atoms with van der Waals surface area (Å²) in [7, 11) is 1.60. The lowest BCUT2D eigenvalue weighted by Gasteiger charge is -2.13. The molecular formula is C13H16N2O3S. The molecule has 0 saturated carbocycles. The first kappa shape index (κ1) is 13.7. The number of ether oxygens (including phenoxy) is 1. The van der Waals surface area contributed by atoms with Crippen molar-refractivity contribution in [3.05, 3.63) is 18.2 Å². The Labute approximate surface area is 115 Å². The Morgan fingerprint density at radius 2 is 2.21 bits per heavy atom. The molecule has 2 N–H and O–H groups in total. The highest BCUT2D eigenvalue weighted by atomic mass is 32.2. The van der Waals surface area contributed by atoms with Crippen molar-refractivity contribution < 1.29 is 14.6 Å². The standard InChI is InChI=1S/C13H16N2O3S/c1-7(2)11(12(16)17)19-13-14-9-5-4-8(18-3)6-10(9)15-13/h4-7,11H,1-3H3,(H,14,15)(H,16,17). The Morgan fingerprint density at radius 1 is 1.47 bits per heavy atom. The summed E-state index contributed by atoms with van der Waals surface area (Å²) >= 11 is 1.24.